The molecule has 0 heterocycles. The van der Waals surface area contributed by atoms with Gasteiger partial charge in [-0.3, -0.25) is 4.99 Å². The van der Waals surface area contributed by atoms with Gasteiger partial charge in [0, 0.05) is 24.9 Å². The van der Waals surface area contributed by atoms with Crippen molar-refractivity contribution in [1.82, 2.24) is 0 Å². The molecule has 0 unspecified atom stereocenters. The van der Waals surface area contributed by atoms with Crippen LogP contribution in [0.15, 0.2) is 59.6 Å². The second-order valence-electron chi connectivity index (χ2n) is 5.36. The molecular formula is C18H20F3N3O2. The number of hydrogen-bond donors (Lipinski definition) is 2. The first kappa shape index (κ1) is 19.6. The van der Waals surface area contributed by atoms with E-state index in [-0.39, 0.29) is 19.1 Å². The Hall–Kier alpha value is -2.74. The fourth-order valence-electron chi connectivity index (χ4n) is 2.00. The molecule has 0 aliphatic heterocycles. The molecule has 0 atom stereocenters. The summed E-state index contributed by atoms with van der Waals surface area (Å²) in [6.07, 6.45) is -3.97. The van der Waals surface area contributed by atoms with Gasteiger partial charge >= 0.3 is 6.18 Å². The van der Waals surface area contributed by atoms with Crippen LogP contribution in [0.2, 0.25) is 0 Å². The summed E-state index contributed by atoms with van der Waals surface area (Å²) in [5, 5.41) is 2.91. The van der Waals surface area contributed by atoms with E-state index in [0.717, 1.165) is 0 Å². The third-order valence-corrected chi connectivity index (χ3v) is 3.08. The number of ether oxygens (including phenoxy) is 2. The SMILES string of the molecule is NC(=NCCCOCC(F)(F)F)Nc1cccc(Oc2ccccc2)c1. The quantitative estimate of drug-likeness (QED) is 0.417. The van der Waals surface area contributed by atoms with Crippen LogP contribution in [0.5, 0.6) is 11.5 Å². The first-order valence-electron chi connectivity index (χ1n) is 7.97. The first-order chi connectivity index (χ1) is 12.4. The lowest BCUT2D eigenvalue weighted by atomic mass is 10.3. The summed E-state index contributed by atoms with van der Waals surface area (Å²) in [6.45, 7) is -1.02. The van der Waals surface area contributed by atoms with Crippen molar-refractivity contribution in [2.75, 3.05) is 25.1 Å². The molecule has 0 spiro atoms. The average molecular weight is 367 g/mol. The summed E-state index contributed by atoms with van der Waals surface area (Å²) in [5.41, 5.74) is 6.46. The van der Waals surface area contributed by atoms with Gasteiger partial charge in [0.2, 0.25) is 0 Å². The van der Waals surface area contributed by atoms with Crippen molar-refractivity contribution >= 4 is 11.6 Å². The molecule has 0 aromatic heterocycles. The van der Waals surface area contributed by atoms with Crippen LogP contribution in [-0.2, 0) is 4.74 Å². The number of alkyl halides is 3. The van der Waals surface area contributed by atoms with Gasteiger partial charge in [0.15, 0.2) is 5.96 Å². The zero-order valence-corrected chi connectivity index (χ0v) is 14.0. The van der Waals surface area contributed by atoms with E-state index in [1.807, 2.05) is 36.4 Å². The minimum Gasteiger partial charge on any atom is -0.457 e. The van der Waals surface area contributed by atoms with Gasteiger partial charge in [0.1, 0.15) is 18.1 Å². The van der Waals surface area contributed by atoms with Gasteiger partial charge < -0.3 is 20.5 Å². The number of nitrogens with one attached hydrogen (secondary N) is 1. The number of rotatable bonds is 8. The summed E-state index contributed by atoms with van der Waals surface area (Å²) in [4.78, 5) is 4.05. The molecule has 0 saturated heterocycles. The highest BCUT2D eigenvalue weighted by atomic mass is 19.4. The highest BCUT2D eigenvalue weighted by Crippen LogP contribution is 2.23. The lowest BCUT2D eigenvalue weighted by Gasteiger charge is -2.09. The number of guanidine groups is 1. The second kappa shape index (κ2) is 9.67. The van der Waals surface area contributed by atoms with E-state index in [9.17, 15) is 13.2 Å². The topological polar surface area (TPSA) is 68.9 Å². The molecule has 2 rings (SSSR count). The van der Waals surface area contributed by atoms with Crippen molar-refractivity contribution < 1.29 is 22.6 Å². The zero-order chi connectivity index (χ0) is 18.8. The van der Waals surface area contributed by atoms with Crippen LogP contribution in [-0.4, -0.2) is 31.9 Å². The smallest absolute Gasteiger partial charge is 0.411 e. The van der Waals surface area contributed by atoms with Gasteiger partial charge in [-0.1, -0.05) is 24.3 Å². The Balaban J connectivity index is 1.77. The molecule has 0 bridgehead atoms. The summed E-state index contributed by atoms with van der Waals surface area (Å²) in [6, 6.07) is 16.5. The minimum atomic E-state index is -4.31. The molecule has 26 heavy (non-hydrogen) atoms. The van der Waals surface area contributed by atoms with Crippen LogP contribution < -0.4 is 15.8 Å². The molecule has 0 aliphatic carbocycles. The lowest BCUT2D eigenvalue weighted by Crippen LogP contribution is -2.23. The summed E-state index contributed by atoms with van der Waals surface area (Å²) >= 11 is 0. The molecule has 0 fully saturated rings. The van der Waals surface area contributed by atoms with Crippen molar-refractivity contribution in [2.24, 2.45) is 10.7 Å². The number of halogens is 3. The third-order valence-electron chi connectivity index (χ3n) is 3.08. The fourth-order valence-corrected chi connectivity index (χ4v) is 2.00. The Kier molecular flexibility index (Phi) is 7.28. The maximum atomic E-state index is 11.9. The largest absolute Gasteiger partial charge is 0.457 e. The molecule has 0 aliphatic rings. The van der Waals surface area contributed by atoms with E-state index >= 15 is 0 Å². The van der Waals surface area contributed by atoms with Gasteiger partial charge in [0.25, 0.3) is 0 Å². The van der Waals surface area contributed by atoms with E-state index in [1.54, 1.807) is 18.2 Å². The van der Waals surface area contributed by atoms with Crippen LogP contribution >= 0.6 is 0 Å². The number of hydrogen-bond acceptors (Lipinski definition) is 3. The maximum absolute atomic E-state index is 11.9. The van der Waals surface area contributed by atoms with E-state index < -0.39 is 12.8 Å². The van der Waals surface area contributed by atoms with Crippen molar-refractivity contribution in [3.05, 3.63) is 54.6 Å². The van der Waals surface area contributed by atoms with Gasteiger partial charge in [-0.25, -0.2) is 0 Å². The van der Waals surface area contributed by atoms with Gasteiger partial charge in [-0.2, -0.15) is 13.2 Å². The van der Waals surface area contributed by atoms with Crippen LogP contribution in [0.1, 0.15) is 6.42 Å². The standard InChI is InChI=1S/C18H20F3N3O2/c19-18(20,21)13-25-11-5-10-23-17(22)24-14-6-4-9-16(12-14)26-15-7-2-1-3-8-15/h1-4,6-9,12H,5,10-11,13H2,(H3,22,23,24). The number of para-hydroxylation sites is 1. The summed E-state index contributed by atoms with van der Waals surface area (Å²) < 4.78 is 46.0. The monoisotopic (exact) mass is 367 g/mol. The van der Waals surface area contributed by atoms with E-state index in [0.29, 0.717) is 23.6 Å². The molecule has 0 saturated carbocycles. The van der Waals surface area contributed by atoms with Crippen molar-refractivity contribution in [3.8, 4) is 11.5 Å². The first-order valence-corrected chi connectivity index (χ1v) is 7.97. The predicted molar refractivity (Wildman–Crippen MR) is 94.6 cm³/mol. The average Bonchev–Trinajstić information content (AvgIpc) is 2.58. The van der Waals surface area contributed by atoms with Crippen molar-refractivity contribution in [1.29, 1.82) is 0 Å². The van der Waals surface area contributed by atoms with E-state index in [4.69, 9.17) is 10.5 Å². The lowest BCUT2D eigenvalue weighted by molar-refractivity contribution is -0.173. The van der Waals surface area contributed by atoms with Crippen LogP contribution in [0, 0.1) is 0 Å². The van der Waals surface area contributed by atoms with Crippen molar-refractivity contribution in [2.45, 2.75) is 12.6 Å². The van der Waals surface area contributed by atoms with Crippen LogP contribution in [0.4, 0.5) is 18.9 Å². The number of nitrogens with zero attached hydrogens (tertiary/aromatic N) is 1. The fraction of sp³-hybridized carbons (Fsp3) is 0.278. The van der Waals surface area contributed by atoms with Crippen LogP contribution in [0.3, 0.4) is 0 Å². The van der Waals surface area contributed by atoms with Crippen molar-refractivity contribution in [3.63, 3.8) is 0 Å². The third kappa shape index (κ3) is 7.89. The molecule has 0 amide bonds. The number of anilines is 1. The Morgan fingerprint density at radius 3 is 2.50 bits per heavy atom. The predicted octanol–water partition coefficient (Wildman–Crippen LogP) is 4.17. The number of nitrogens with two attached hydrogens (primary N) is 1. The minimum absolute atomic E-state index is 0.0311. The van der Waals surface area contributed by atoms with Gasteiger partial charge in [-0.05, 0) is 30.7 Å². The molecule has 3 N–H and O–H groups in total. The molecule has 2 aromatic carbocycles. The Morgan fingerprint density at radius 1 is 1.04 bits per heavy atom. The summed E-state index contributed by atoms with van der Waals surface area (Å²) in [5.74, 6) is 1.51. The number of aliphatic imine (C=N–C) groups is 1. The number of benzene rings is 2. The molecule has 2 aromatic rings. The molecule has 5 nitrogen and oxygen atoms in total. The molecule has 8 heteroatoms. The Labute approximate surface area is 149 Å². The highest BCUT2D eigenvalue weighted by Gasteiger charge is 2.27. The molecule has 0 radical (unpaired) electrons. The van der Waals surface area contributed by atoms with Crippen LogP contribution in [0.25, 0.3) is 0 Å². The molecule has 140 valence electrons. The molecular weight excluding hydrogens is 347 g/mol. The maximum Gasteiger partial charge on any atom is 0.411 e. The van der Waals surface area contributed by atoms with Gasteiger partial charge in [0.05, 0.1) is 0 Å². The van der Waals surface area contributed by atoms with Gasteiger partial charge in [-0.15, -0.1) is 0 Å². The normalized spacial score (nSPS) is 12.0. The highest BCUT2D eigenvalue weighted by molar-refractivity contribution is 5.92. The van der Waals surface area contributed by atoms with E-state index in [2.05, 4.69) is 15.0 Å². The Morgan fingerprint density at radius 2 is 1.77 bits per heavy atom. The Bertz CT molecular complexity index is 706. The van der Waals surface area contributed by atoms with E-state index in [1.165, 1.54) is 0 Å². The second-order valence-corrected chi connectivity index (χ2v) is 5.36. The zero-order valence-electron chi connectivity index (χ0n) is 14.0. The summed E-state index contributed by atoms with van der Waals surface area (Å²) in [7, 11) is 0.